The van der Waals surface area contributed by atoms with E-state index in [1.807, 2.05) is 12.1 Å². The van der Waals surface area contributed by atoms with Crippen molar-refractivity contribution in [2.75, 3.05) is 13.7 Å². The molecule has 16 heavy (non-hydrogen) atoms. The van der Waals surface area contributed by atoms with E-state index in [4.69, 9.17) is 10.6 Å². The smallest absolute Gasteiger partial charge is 0.0486 e. The number of hydrogen-bond acceptors (Lipinski definition) is 3. The van der Waals surface area contributed by atoms with Gasteiger partial charge in [0, 0.05) is 24.2 Å². The van der Waals surface area contributed by atoms with Crippen LogP contribution < -0.4 is 11.3 Å². The number of methoxy groups -OCH3 is 1. The maximum atomic E-state index is 5.61. The van der Waals surface area contributed by atoms with Crippen LogP contribution >= 0.6 is 15.9 Å². The fourth-order valence-corrected chi connectivity index (χ4v) is 1.99. The van der Waals surface area contributed by atoms with E-state index in [2.05, 4.69) is 40.4 Å². The molecule has 0 heterocycles. The lowest BCUT2D eigenvalue weighted by molar-refractivity contribution is 0.170. The molecule has 0 saturated carbocycles. The summed E-state index contributed by atoms with van der Waals surface area (Å²) in [5.74, 6) is 6.05. The van der Waals surface area contributed by atoms with Crippen LogP contribution in [-0.4, -0.2) is 13.7 Å². The van der Waals surface area contributed by atoms with Crippen LogP contribution in [0.25, 0.3) is 0 Å². The van der Waals surface area contributed by atoms with Crippen LogP contribution in [0.5, 0.6) is 0 Å². The van der Waals surface area contributed by atoms with E-state index in [9.17, 15) is 0 Å². The summed E-state index contributed by atoms with van der Waals surface area (Å²) in [6.45, 7) is 2.93. The third-order valence-electron chi connectivity index (χ3n) is 2.76. The lowest BCUT2D eigenvalue weighted by atomic mass is 9.93. The molecule has 3 nitrogen and oxygen atoms in total. The highest BCUT2D eigenvalue weighted by atomic mass is 79.9. The van der Waals surface area contributed by atoms with Gasteiger partial charge in [-0.1, -0.05) is 35.0 Å². The van der Waals surface area contributed by atoms with Crippen molar-refractivity contribution in [2.24, 2.45) is 11.8 Å². The van der Waals surface area contributed by atoms with Crippen molar-refractivity contribution in [3.63, 3.8) is 0 Å². The lowest BCUT2D eigenvalue weighted by Gasteiger charge is -2.23. The summed E-state index contributed by atoms with van der Waals surface area (Å²) in [7, 11) is 1.72. The number of halogens is 1. The molecule has 1 rings (SSSR count). The summed E-state index contributed by atoms with van der Waals surface area (Å²) in [6, 6.07) is 8.39. The van der Waals surface area contributed by atoms with Crippen molar-refractivity contribution in [1.29, 1.82) is 0 Å². The van der Waals surface area contributed by atoms with E-state index in [0.29, 0.717) is 5.92 Å². The number of hydrogen-bond donors (Lipinski definition) is 2. The Kier molecular flexibility index (Phi) is 5.98. The Bertz CT molecular complexity index is 302. The molecule has 0 saturated heterocycles. The topological polar surface area (TPSA) is 47.3 Å². The van der Waals surface area contributed by atoms with Gasteiger partial charge in [0.25, 0.3) is 0 Å². The third kappa shape index (κ3) is 3.87. The Morgan fingerprint density at radius 3 is 2.50 bits per heavy atom. The summed E-state index contributed by atoms with van der Waals surface area (Å²) < 4.78 is 6.17. The Hall–Kier alpha value is -0.420. The zero-order valence-corrected chi connectivity index (χ0v) is 11.3. The van der Waals surface area contributed by atoms with Crippen molar-refractivity contribution < 1.29 is 4.74 Å². The first-order valence-corrected chi connectivity index (χ1v) is 6.19. The van der Waals surface area contributed by atoms with Crippen LogP contribution in [-0.2, 0) is 4.74 Å². The largest absolute Gasteiger partial charge is 0.385 e. The van der Waals surface area contributed by atoms with Gasteiger partial charge < -0.3 is 4.74 Å². The van der Waals surface area contributed by atoms with Crippen LogP contribution in [0.4, 0.5) is 0 Å². The van der Waals surface area contributed by atoms with E-state index in [1.54, 1.807) is 7.11 Å². The first kappa shape index (κ1) is 13.6. The molecular weight excluding hydrogens is 268 g/mol. The second-order valence-electron chi connectivity index (χ2n) is 3.95. The molecule has 4 heteroatoms. The van der Waals surface area contributed by atoms with E-state index in [-0.39, 0.29) is 6.04 Å². The van der Waals surface area contributed by atoms with E-state index < -0.39 is 0 Å². The third-order valence-corrected chi connectivity index (χ3v) is 3.28. The predicted octanol–water partition coefficient (Wildman–Crippen LogP) is 2.63. The fraction of sp³-hybridized carbons (Fsp3) is 0.500. The van der Waals surface area contributed by atoms with Gasteiger partial charge in [0.15, 0.2) is 0 Å². The minimum atomic E-state index is 0.170. The molecule has 0 bridgehead atoms. The predicted molar refractivity (Wildman–Crippen MR) is 69.9 cm³/mol. The molecule has 2 atom stereocenters. The Labute approximate surface area is 105 Å². The second kappa shape index (κ2) is 7.01. The SMILES string of the molecule is COCCC(C)C(NN)c1ccc(Br)cc1. The number of nitrogens with one attached hydrogen (secondary N) is 1. The van der Waals surface area contributed by atoms with E-state index >= 15 is 0 Å². The number of ether oxygens (including phenoxy) is 1. The number of rotatable bonds is 6. The van der Waals surface area contributed by atoms with Gasteiger partial charge in [-0.25, -0.2) is 0 Å². The van der Waals surface area contributed by atoms with Gasteiger partial charge in [-0.2, -0.15) is 0 Å². The van der Waals surface area contributed by atoms with Crippen molar-refractivity contribution in [3.05, 3.63) is 34.3 Å². The minimum Gasteiger partial charge on any atom is -0.385 e. The van der Waals surface area contributed by atoms with E-state index in [0.717, 1.165) is 17.5 Å². The Morgan fingerprint density at radius 2 is 2.00 bits per heavy atom. The summed E-state index contributed by atoms with van der Waals surface area (Å²) in [5, 5.41) is 0. The number of benzene rings is 1. The molecule has 0 aliphatic heterocycles. The molecular formula is C12H19BrN2O. The zero-order valence-electron chi connectivity index (χ0n) is 9.74. The molecule has 0 aromatic heterocycles. The highest BCUT2D eigenvalue weighted by molar-refractivity contribution is 9.10. The Balaban J connectivity index is 2.69. The quantitative estimate of drug-likeness (QED) is 0.624. The van der Waals surface area contributed by atoms with Gasteiger partial charge >= 0.3 is 0 Å². The molecule has 0 radical (unpaired) electrons. The van der Waals surface area contributed by atoms with Gasteiger partial charge in [-0.05, 0) is 30.0 Å². The van der Waals surface area contributed by atoms with Gasteiger partial charge in [-0.3, -0.25) is 11.3 Å². The van der Waals surface area contributed by atoms with Crippen molar-refractivity contribution in [3.8, 4) is 0 Å². The number of hydrazine groups is 1. The fourth-order valence-electron chi connectivity index (χ4n) is 1.73. The summed E-state index contributed by atoms with van der Waals surface area (Å²) in [6.07, 6.45) is 0.988. The average molecular weight is 287 g/mol. The van der Waals surface area contributed by atoms with Gasteiger partial charge in [0.05, 0.1) is 0 Å². The summed E-state index contributed by atoms with van der Waals surface area (Å²) in [4.78, 5) is 0. The highest BCUT2D eigenvalue weighted by Gasteiger charge is 2.17. The van der Waals surface area contributed by atoms with Gasteiger partial charge in [0.2, 0.25) is 0 Å². The maximum absolute atomic E-state index is 5.61. The zero-order chi connectivity index (χ0) is 12.0. The van der Waals surface area contributed by atoms with E-state index in [1.165, 1.54) is 5.56 Å². The van der Waals surface area contributed by atoms with Crippen LogP contribution in [0.1, 0.15) is 24.9 Å². The molecule has 1 aromatic carbocycles. The van der Waals surface area contributed by atoms with Gasteiger partial charge in [0.1, 0.15) is 0 Å². The first-order chi connectivity index (χ1) is 7.69. The molecule has 0 amide bonds. The average Bonchev–Trinajstić information content (AvgIpc) is 2.30. The van der Waals surface area contributed by atoms with Crippen LogP contribution in [0, 0.1) is 5.92 Å². The van der Waals surface area contributed by atoms with Crippen molar-refractivity contribution in [1.82, 2.24) is 5.43 Å². The monoisotopic (exact) mass is 286 g/mol. The normalized spacial score (nSPS) is 14.8. The first-order valence-electron chi connectivity index (χ1n) is 5.39. The molecule has 0 aliphatic rings. The lowest BCUT2D eigenvalue weighted by Crippen LogP contribution is -2.33. The van der Waals surface area contributed by atoms with Crippen LogP contribution in [0.2, 0.25) is 0 Å². The van der Waals surface area contributed by atoms with Crippen LogP contribution in [0.15, 0.2) is 28.7 Å². The molecule has 0 spiro atoms. The summed E-state index contributed by atoms with van der Waals surface area (Å²) >= 11 is 3.42. The van der Waals surface area contributed by atoms with Crippen molar-refractivity contribution in [2.45, 2.75) is 19.4 Å². The Morgan fingerprint density at radius 1 is 1.38 bits per heavy atom. The van der Waals surface area contributed by atoms with Crippen LogP contribution in [0.3, 0.4) is 0 Å². The standard InChI is InChI=1S/C12H19BrN2O/c1-9(7-8-16-2)12(15-14)10-3-5-11(13)6-4-10/h3-6,9,12,15H,7-8,14H2,1-2H3. The maximum Gasteiger partial charge on any atom is 0.0486 e. The van der Waals surface area contributed by atoms with Gasteiger partial charge in [-0.15, -0.1) is 0 Å². The van der Waals surface area contributed by atoms with Crippen molar-refractivity contribution >= 4 is 15.9 Å². The minimum absolute atomic E-state index is 0.170. The highest BCUT2D eigenvalue weighted by Crippen LogP contribution is 2.24. The molecule has 90 valence electrons. The molecule has 2 unspecified atom stereocenters. The molecule has 1 aromatic rings. The molecule has 0 aliphatic carbocycles. The molecule has 3 N–H and O–H groups in total. The second-order valence-corrected chi connectivity index (χ2v) is 4.87. The molecule has 0 fully saturated rings. The number of nitrogens with two attached hydrogens (primary N) is 1. The summed E-state index contributed by atoms with van der Waals surface area (Å²) in [5.41, 5.74) is 4.08.